The Bertz CT molecular complexity index is 317. The van der Waals surface area contributed by atoms with Gasteiger partial charge in [-0.15, -0.1) is 0 Å². The van der Waals surface area contributed by atoms with Crippen LogP contribution < -0.4 is 24.8 Å². The highest BCUT2D eigenvalue weighted by Crippen LogP contribution is 2.05. The van der Waals surface area contributed by atoms with Crippen molar-refractivity contribution in [3.05, 3.63) is 12.2 Å². The van der Waals surface area contributed by atoms with Gasteiger partial charge < -0.3 is 38.5 Å². The Morgan fingerprint density at radius 3 is 1.86 bits per heavy atom. The molecule has 4 nitrogen and oxygen atoms in total. The third-order valence-corrected chi connectivity index (χ3v) is 4.05. The molecule has 0 aromatic carbocycles. The van der Waals surface area contributed by atoms with E-state index in [1.165, 1.54) is 0 Å². The first-order valence-corrected chi connectivity index (χ1v) is 7.14. The number of hydrogen-bond acceptors (Lipinski definition) is 2. The van der Waals surface area contributed by atoms with Gasteiger partial charge in [0, 0.05) is 5.57 Å². The van der Waals surface area contributed by atoms with E-state index in [4.69, 9.17) is 4.74 Å². The summed E-state index contributed by atoms with van der Waals surface area (Å²) in [5, 5.41) is 0. The smallest absolute Gasteiger partial charge is 0.333 e. The third kappa shape index (κ3) is 11.0. The molecule has 0 atom stereocenters. The summed E-state index contributed by atoms with van der Waals surface area (Å²) in [6, 6.07) is 0. The fourth-order valence-corrected chi connectivity index (χ4v) is 1.67. The van der Waals surface area contributed by atoms with Crippen molar-refractivity contribution < 1.29 is 43.3 Å². The lowest BCUT2D eigenvalue weighted by Gasteiger charge is -2.36. The third-order valence-electron chi connectivity index (χ3n) is 4.05. The number of hydrogen-bond donors (Lipinski definition) is 0. The SMILES string of the molecule is C=C(C)C(=O)OCC[N+](C)(C)CC[N+](C)(CC)CC.[Cl-].[Cl-]. The minimum atomic E-state index is -0.289. The molecular formula is C15H32Cl2N2O2. The molecule has 0 N–H and O–H groups in total. The minimum absolute atomic E-state index is 0. The Hall–Kier alpha value is -0.290. The van der Waals surface area contributed by atoms with Crippen LogP contribution in [0.1, 0.15) is 20.8 Å². The first-order chi connectivity index (χ1) is 8.66. The van der Waals surface area contributed by atoms with Gasteiger partial charge in [-0.25, -0.2) is 4.79 Å². The number of quaternary nitrogens is 2. The van der Waals surface area contributed by atoms with Crippen LogP contribution in [0, 0.1) is 0 Å². The van der Waals surface area contributed by atoms with Crippen molar-refractivity contribution in [1.82, 2.24) is 0 Å². The van der Waals surface area contributed by atoms with E-state index < -0.39 is 0 Å². The zero-order valence-corrected chi connectivity index (χ0v) is 15.9. The summed E-state index contributed by atoms with van der Waals surface area (Å²) in [4.78, 5) is 11.3. The van der Waals surface area contributed by atoms with E-state index in [0.29, 0.717) is 12.2 Å². The minimum Gasteiger partial charge on any atom is -1.00 e. The van der Waals surface area contributed by atoms with Gasteiger partial charge in [0.15, 0.2) is 0 Å². The zero-order chi connectivity index (χ0) is 15.1. The monoisotopic (exact) mass is 342 g/mol. The normalized spacial score (nSPS) is 11.1. The van der Waals surface area contributed by atoms with Crippen molar-refractivity contribution in [2.45, 2.75) is 20.8 Å². The Kier molecular flexibility index (Phi) is 13.8. The van der Waals surface area contributed by atoms with Gasteiger partial charge in [-0.3, -0.25) is 0 Å². The standard InChI is InChI=1S/C15H32N2O2.2ClH/c1-8-17(7,9-2)11-10-16(5,6)12-13-19-15(18)14(3)4;;/h3,8-13H2,1-2,4-7H3;2*1H/q+2;;/p-2. The van der Waals surface area contributed by atoms with Crippen LogP contribution in [0.4, 0.5) is 0 Å². The largest absolute Gasteiger partial charge is 1.00 e. The molecule has 0 saturated carbocycles. The van der Waals surface area contributed by atoms with E-state index >= 15 is 0 Å². The number of nitrogens with zero attached hydrogens (tertiary/aromatic N) is 2. The van der Waals surface area contributed by atoms with Crippen LogP contribution in [0.15, 0.2) is 12.2 Å². The molecule has 0 heterocycles. The lowest BCUT2D eigenvalue weighted by atomic mass is 10.3. The molecule has 0 aliphatic rings. The molecule has 0 spiro atoms. The molecule has 0 amide bonds. The molecule has 128 valence electrons. The highest BCUT2D eigenvalue weighted by molar-refractivity contribution is 5.86. The molecule has 0 rings (SSSR count). The number of ether oxygens (including phenoxy) is 1. The average Bonchev–Trinajstić information content (AvgIpc) is 2.35. The molecule has 0 fully saturated rings. The Balaban J connectivity index is -0.00000162. The molecule has 0 aromatic rings. The zero-order valence-electron chi connectivity index (χ0n) is 14.4. The maximum Gasteiger partial charge on any atom is 0.333 e. The van der Waals surface area contributed by atoms with Gasteiger partial charge in [0.05, 0.1) is 34.2 Å². The molecule has 0 unspecified atom stereocenters. The number of rotatable bonds is 9. The average molecular weight is 343 g/mol. The maximum atomic E-state index is 11.3. The van der Waals surface area contributed by atoms with Crippen LogP contribution in [0.2, 0.25) is 0 Å². The molecule has 6 heteroatoms. The highest BCUT2D eigenvalue weighted by atomic mass is 35.5. The summed E-state index contributed by atoms with van der Waals surface area (Å²) in [5.74, 6) is -0.289. The fourth-order valence-electron chi connectivity index (χ4n) is 1.67. The van der Waals surface area contributed by atoms with E-state index in [1.54, 1.807) is 6.92 Å². The van der Waals surface area contributed by atoms with E-state index in [-0.39, 0.29) is 30.8 Å². The Labute approximate surface area is 143 Å². The second kappa shape index (κ2) is 11.3. The van der Waals surface area contributed by atoms with Crippen LogP contribution >= 0.6 is 0 Å². The van der Waals surface area contributed by atoms with Gasteiger partial charge in [0.2, 0.25) is 0 Å². The topological polar surface area (TPSA) is 26.3 Å². The lowest BCUT2D eigenvalue weighted by molar-refractivity contribution is -0.953. The Morgan fingerprint density at radius 2 is 1.48 bits per heavy atom. The first kappa shape index (κ1) is 25.7. The summed E-state index contributed by atoms with van der Waals surface area (Å²) in [7, 11) is 6.66. The van der Waals surface area contributed by atoms with E-state index in [0.717, 1.165) is 41.7 Å². The van der Waals surface area contributed by atoms with Crippen molar-refractivity contribution in [1.29, 1.82) is 0 Å². The van der Waals surface area contributed by atoms with E-state index in [9.17, 15) is 4.79 Å². The second-order valence-corrected chi connectivity index (χ2v) is 6.27. The summed E-state index contributed by atoms with van der Waals surface area (Å²) in [6.07, 6.45) is 0. The van der Waals surface area contributed by atoms with Gasteiger partial charge in [-0.2, -0.15) is 0 Å². The van der Waals surface area contributed by atoms with Crippen LogP contribution in [0.3, 0.4) is 0 Å². The predicted octanol–water partition coefficient (Wildman–Crippen LogP) is -4.32. The van der Waals surface area contributed by atoms with Gasteiger partial charge in [0.25, 0.3) is 0 Å². The van der Waals surface area contributed by atoms with E-state index in [2.05, 4.69) is 41.6 Å². The van der Waals surface area contributed by atoms with Gasteiger partial charge in [-0.1, -0.05) is 6.58 Å². The van der Waals surface area contributed by atoms with Crippen molar-refractivity contribution in [3.63, 3.8) is 0 Å². The summed E-state index contributed by atoms with van der Waals surface area (Å²) in [6.45, 7) is 15.6. The predicted molar refractivity (Wildman–Crippen MR) is 79.7 cm³/mol. The van der Waals surface area contributed by atoms with Crippen LogP contribution in [-0.2, 0) is 9.53 Å². The molecule has 0 saturated heterocycles. The highest BCUT2D eigenvalue weighted by Gasteiger charge is 2.23. The Morgan fingerprint density at radius 1 is 1.00 bits per heavy atom. The summed E-state index contributed by atoms with van der Waals surface area (Å²) < 4.78 is 7.13. The quantitative estimate of drug-likeness (QED) is 0.241. The van der Waals surface area contributed by atoms with Crippen LogP contribution in [0.5, 0.6) is 0 Å². The summed E-state index contributed by atoms with van der Waals surface area (Å²) >= 11 is 0. The van der Waals surface area contributed by atoms with Crippen LogP contribution in [0.25, 0.3) is 0 Å². The maximum absolute atomic E-state index is 11.3. The molecule has 0 aliphatic heterocycles. The number of likely N-dealkylation sites (N-methyl/N-ethyl adjacent to an activating group) is 2. The van der Waals surface area contributed by atoms with E-state index in [1.807, 2.05) is 0 Å². The molecule has 21 heavy (non-hydrogen) atoms. The first-order valence-electron chi connectivity index (χ1n) is 7.14. The molecule has 0 aromatic heterocycles. The fraction of sp³-hybridized carbons (Fsp3) is 0.800. The summed E-state index contributed by atoms with van der Waals surface area (Å²) in [5.41, 5.74) is 0.464. The molecule has 0 aliphatic carbocycles. The van der Waals surface area contributed by atoms with Crippen molar-refractivity contribution in [2.75, 3.05) is 60.5 Å². The molecule has 0 bridgehead atoms. The van der Waals surface area contributed by atoms with Crippen LogP contribution in [-0.4, -0.2) is 75.4 Å². The number of esters is 1. The van der Waals surface area contributed by atoms with Crippen molar-refractivity contribution in [3.8, 4) is 0 Å². The van der Waals surface area contributed by atoms with Gasteiger partial charge in [0.1, 0.15) is 26.2 Å². The second-order valence-electron chi connectivity index (χ2n) is 6.27. The number of carbonyl (C=O) groups is 1. The lowest BCUT2D eigenvalue weighted by Crippen LogP contribution is -3.00. The molecule has 0 radical (unpaired) electrons. The van der Waals surface area contributed by atoms with Gasteiger partial charge in [-0.05, 0) is 20.8 Å². The number of carbonyl (C=O) groups excluding carboxylic acids is 1. The van der Waals surface area contributed by atoms with Gasteiger partial charge >= 0.3 is 5.97 Å². The number of halogens is 2. The van der Waals surface area contributed by atoms with Crippen molar-refractivity contribution in [2.24, 2.45) is 0 Å². The molecular weight excluding hydrogens is 311 g/mol. The van der Waals surface area contributed by atoms with Crippen molar-refractivity contribution >= 4 is 5.97 Å².